The molecule has 0 aromatic rings. The molecule has 1 N–H and O–H groups in total. The summed E-state index contributed by atoms with van der Waals surface area (Å²) < 4.78 is 10.4. The Kier molecular flexibility index (Phi) is 18.0. The summed E-state index contributed by atoms with van der Waals surface area (Å²) in [6.45, 7) is 6.82. The molecule has 0 bridgehead atoms. The molecule has 9 heteroatoms. The van der Waals surface area contributed by atoms with Crippen LogP contribution in [0.25, 0.3) is 0 Å². The first kappa shape index (κ1) is 35.2. The van der Waals surface area contributed by atoms with Crippen LogP contribution in [0, 0.1) is 5.41 Å². The molecule has 36 heavy (non-hydrogen) atoms. The normalized spacial score (nSPS) is 13.8. The lowest BCUT2D eigenvalue weighted by atomic mass is 9.83. The van der Waals surface area contributed by atoms with Gasteiger partial charge in [0.15, 0.2) is 0 Å². The number of thioether (sulfide) groups is 1. The second kappa shape index (κ2) is 18.5. The van der Waals surface area contributed by atoms with E-state index in [4.69, 9.17) is 14.6 Å². The minimum Gasteiger partial charge on any atom is -0.481 e. The predicted molar refractivity (Wildman–Crippen MR) is 152 cm³/mol. The Bertz CT molecular complexity index is 654. The minimum absolute atomic E-state index is 0.0615. The molecule has 0 spiro atoms. The van der Waals surface area contributed by atoms with Crippen LogP contribution in [0.3, 0.4) is 0 Å². The number of hydrogen-bond acceptors (Lipinski definition) is 6. The number of ether oxygens (including phenoxy) is 2. The van der Waals surface area contributed by atoms with Crippen molar-refractivity contribution in [3.05, 3.63) is 0 Å². The van der Waals surface area contributed by atoms with Crippen molar-refractivity contribution in [2.45, 2.75) is 95.7 Å². The Morgan fingerprint density at radius 3 is 1.83 bits per heavy atom. The molecule has 0 heterocycles. The number of alkyl halides is 1. The molecule has 1 unspecified atom stereocenters. The van der Waals surface area contributed by atoms with Crippen molar-refractivity contribution in [3.63, 3.8) is 0 Å². The van der Waals surface area contributed by atoms with Gasteiger partial charge in [-0.15, -0.1) is 0 Å². The Morgan fingerprint density at radius 1 is 0.806 bits per heavy atom. The van der Waals surface area contributed by atoms with Crippen LogP contribution in [0.1, 0.15) is 91.4 Å². The molecule has 0 rings (SSSR count). The molecule has 212 valence electrons. The highest BCUT2D eigenvalue weighted by atomic mass is 79.9. The number of nitrogens with zero attached hydrogens (tertiary/aromatic N) is 1. The van der Waals surface area contributed by atoms with E-state index in [1.54, 1.807) is 20.8 Å². The zero-order valence-electron chi connectivity index (χ0n) is 23.5. The van der Waals surface area contributed by atoms with E-state index in [1.165, 1.54) is 50.7 Å². The van der Waals surface area contributed by atoms with Crippen molar-refractivity contribution in [1.29, 1.82) is 0 Å². The Balaban J connectivity index is 4.19. The summed E-state index contributed by atoms with van der Waals surface area (Å²) in [6.07, 6.45) is 13.4. The van der Waals surface area contributed by atoms with Crippen molar-refractivity contribution in [2.24, 2.45) is 5.41 Å². The summed E-state index contributed by atoms with van der Waals surface area (Å²) in [7, 11) is 3.80. The second-order valence-corrected chi connectivity index (χ2v) is 14.0. The third kappa shape index (κ3) is 17.6. The molecule has 0 amide bonds. The highest BCUT2D eigenvalue weighted by Gasteiger charge is 2.42. The fraction of sp³-hybridized carbons (Fsp3) is 0.889. The van der Waals surface area contributed by atoms with Gasteiger partial charge in [0.25, 0.3) is 0 Å². The summed E-state index contributed by atoms with van der Waals surface area (Å²) in [4.78, 5) is 36.1. The smallest absolute Gasteiger partial charge is 0.322 e. The monoisotopic (exact) mass is 596 g/mol. The second-order valence-electron chi connectivity index (χ2n) is 11.2. The van der Waals surface area contributed by atoms with Gasteiger partial charge in [-0.05, 0) is 52.0 Å². The van der Waals surface area contributed by atoms with Crippen molar-refractivity contribution in [1.82, 2.24) is 0 Å². The van der Waals surface area contributed by atoms with Crippen LogP contribution in [0.15, 0.2) is 0 Å². The lowest BCUT2D eigenvalue weighted by molar-refractivity contribution is -0.889. The van der Waals surface area contributed by atoms with Crippen LogP contribution < -0.4 is 0 Å². The quantitative estimate of drug-likeness (QED) is 0.0702. The van der Waals surface area contributed by atoms with Crippen LogP contribution in [0.2, 0.25) is 0 Å². The number of esters is 2. The summed E-state index contributed by atoms with van der Waals surface area (Å²) in [5.74, 6) is -0.323. The maximum Gasteiger partial charge on any atom is 0.322 e. The average Bonchev–Trinajstić information content (AvgIpc) is 2.77. The average molecular weight is 598 g/mol. The van der Waals surface area contributed by atoms with Crippen LogP contribution >= 0.6 is 27.7 Å². The molecule has 0 aliphatic heterocycles. The van der Waals surface area contributed by atoms with Gasteiger partial charge in [-0.1, -0.05) is 60.9 Å². The minimum atomic E-state index is -1.02. The lowest BCUT2D eigenvalue weighted by Crippen LogP contribution is -2.45. The number of unbranched alkanes of at least 4 members (excludes halogenated alkanes) is 8. The van der Waals surface area contributed by atoms with Crippen LogP contribution in [-0.2, 0) is 23.9 Å². The van der Waals surface area contributed by atoms with Gasteiger partial charge in [-0.25, -0.2) is 0 Å². The zero-order chi connectivity index (χ0) is 27.7. The highest BCUT2D eigenvalue weighted by Crippen LogP contribution is 2.36. The molecule has 1 atom stereocenters. The number of rotatable bonds is 22. The molecular weight excluding hydrogens is 546 g/mol. The number of halogens is 1. The Labute approximate surface area is 232 Å². The van der Waals surface area contributed by atoms with E-state index in [2.05, 4.69) is 22.2 Å². The van der Waals surface area contributed by atoms with E-state index in [0.717, 1.165) is 12.8 Å². The van der Waals surface area contributed by atoms with E-state index < -0.39 is 21.7 Å². The van der Waals surface area contributed by atoms with Crippen LogP contribution in [-0.4, -0.2) is 84.2 Å². The maximum absolute atomic E-state index is 12.7. The summed E-state index contributed by atoms with van der Waals surface area (Å²) in [6, 6.07) is 0. The molecular formula is C27H51BrNO6S+. The molecule has 0 aliphatic carbocycles. The van der Waals surface area contributed by atoms with Gasteiger partial charge in [0.2, 0.25) is 0 Å². The number of carbonyl (C=O) groups excluding carboxylic acids is 2. The fourth-order valence-electron chi connectivity index (χ4n) is 3.97. The third-order valence-corrected chi connectivity index (χ3v) is 7.64. The van der Waals surface area contributed by atoms with Crippen molar-refractivity contribution in [3.8, 4) is 0 Å². The van der Waals surface area contributed by atoms with Crippen molar-refractivity contribution >= 4 is 45.6 Å². The molecule has 0 fully saturated rings. The molecule has 0 saturated heterocycles. The van der Waals surface area contributed by atoms with Crippen LogP contribution in [0.5, 0.6) is 0 Å². The first-order valence-electron chi connectivity index (χ1n) is 13.3. The predicted octanol–water partition coefficient (Wildman–Crippen LogP) is 6.07. The summed E-state index contributed by atoms with van der Waals surface area (Å²) in [5.41, 5.74) is -0.843. The van der Waals surface area contributed by atoms with Gasteiger partial charge in [0.05, 0.1) is 39.1 Å². The maximum atomic E-state index is 12.7. The van der Waals surface area contributed by atoms with Gasteiger partial charge in [-0.3, -0.25) is 14.4 Å². The zero-order valence-corrected chi connectivity index (χ0v) is 25.9. The molecule has 0 aliphatic rings. The van der Waals surface area contributed by atoms with Crippen molar-refractivity contribution in [2.75, 3.05) is 52.4 Å². The number of carboxylic acid groups (broad SMARTS) is 1. The third-order valence-electron chi connectivity index (χ3n) is 6.34. The number of likely N-dealkylation sites (N-methyl/N-ethyl adjacent to an activating group) is 1. The first-order chi connectivity index (χ1) is 16.7. The van der Waals surface area contributed by atoms with Crippen molar-refractivity contribution < 1.29 is 33.4 Å². The lowest BCUT2D eigenvalue weighted by Gasteiger charge is -2.32. The van der Waals surface area contributed by atoms with E-state index in [9.17, 15) is 14.4 Å². The summed E-state index contributed by atoms with van der Waals surface area (Å²) in [5, 5.41) is 8.86. The standard InChI is InChI=1S/C27H50BrNO6S/c1-26(2,24(32)34-19-14-12-10-8-7-9-11-13-15-21-36-6)22-27(3,28)25(33)35-20-18-29(4,5)17-16-23(30)31/h7-22H2,1-6H3/p+1. The largest absolute Gasteiger partial charge is 0.481 e. The van der Waals surface area contributed by atoms with Gasteiger partial charge < -0.3 is 19.1 Å². The number of carbonyl (C=O) groups is 3. The number of aliphatic carboxylic acids is 1. The van der Waals surface area contributed by atoms with Gasteiger partial charge in [-0.2, -0.15) is 11.8 Å². The molecule has 0 radical (unpaired) electrons. The van der Waals surface area contributed by atoms with E-state index >= 15 is 0 Å². The van der Waals surface area contributed by atoms with Gasteiger partial charge in [0, 0.05) is 0 Å². The Hall–Kier alpha value is -0.800. The highest BCUT2D eigenvalue weighted by molar-refractivity contribution is 9.10. The SMILES string of the molecule is CSCCCCCCCCCCCOC(=O)C(C)(C)CC(C)(Br)C(=O)OCC[N+](C)(C)CCC(=O)O. The van der Waals surface area contributed by atoms with Crippen LogP contribution in [0.4, 0.5) is 0 Å². The van der Waals surface area contributed by atoms with E-state index in [0.29, 0.717) is 24.2 Å². The summed E-state index contributed by atoms with van der Waals surface area (Å²) >= 11 is 5.38. The first-order valence-corrected chi connectivity index (χ1v) is 15.5. The number of hydrogen-bond donors (Lipinski definition) is 1. The molecule has 0 saturated carbocycles. The molecule has 0 aromatic carbocycles. The van der Waals surface area contributed by atoms with E-state index in [1.807, 2.05) is 25.9 Å². The molecule has 7 nitrogen and oxygen atoms in total. The van der Waals surface area contributed by atoms with E-state index in [-0.39, 0.29) is 25.4 Å². The number of carboxylic acids is 1. The topological polar surface area (TPSA) is 89.9 Å². The Morgan fingerprint density at radius 2 is 1.31 bits per heavy atom. The fourth-order valence-corrected chi connectivity index (χ4v) is 5.27. The van der Waals surface area contributed by atoms with Gasteiger partial charge >= 0.3 is 17.9 Å². The molecule has 0 aromatic heterocycles. The van der Waals surface area contributed by atoms with Gasteiger partial charge in [0.1, 0.15) is 17.5 Å². The number of quaternary nitrogens is 1.